The molecule has 0 saturated carbocycles. The highest BCUT2D eigenvalue weighted by molar-refractivity contribution is 6.00. The first kappa shape index (κ1) is 20.4. The normalized spacial score (nSPS) is 13.9. The van der Waals surface area contributed by atoms with E-state index in [1.165, 1.54) is 0 Å². The fourth-order valence-corrected chi connectivity index (χ4v) is 1.89. The van der Waals surface area contributed by atoms with Gasteiger partial charge in [0.2, 0.25) is 11.8 Å². The van der Waals surface area contributed by atoms with Crippen molar-refractivity contribution in [2.45, 2.75) is 38.4 Å². The fourth-order valence-electron chi connectivity index (χ4n) is 1.89. The van der Waals surface area contributed by atoms with Gasteiger partial charge < -0.3 is 21.5 Å². The highest BCUT2D eigenvalue weighted by atomic mass is 19.4. The van der Waals surface area contributed by atoms with Gasteiger partial charge in [-0.3, -0.25) is 9.59 Å². The van der Waals surface area contributed by atoms with Crippen LogP contribution in [0.4, 0.5) is 24.5 Å². The molecule has 1 heterocycles. The second kappa shape index (κ2) is 8.47. The smallest absolute Gasteiger partial charge is 0.475 e. The molecule has 1 unspecified atom stereocenters. The molecule has 1 aromatic carbocycles. The topological polar surface area (TPSA) is 122 Å². The molecule has 25 heavy (non-hydrogen) atoms. The van der Waals surface area contributed by atoms with Gasteiger partial charge in [0.1, 0.15) is 0 Å². The van der Waals surface area contributed by atoms with Gasteiger partial charge in [-0.15, -0.1) is 0 Å². The number of nitrogens with one attached hydrogen (secondary N) is 2. The van der Waals surface area contributed by atoms with E-state index in [-0.39, 0.29) is 17.9 Å². The molecule has 2 amide bonds. The third-order valence-electron chi connectivity index (χ3n) is 3.08. The van der Waals surface area contributed by atoms with Crippen LogP contribution in [-0.2, 0) is 20.8 Å². The summed E-state index contributed by atoms with van der Waals surface area (Å²) in [4.78, 5) is 31.7. The highest BCUT2D eigenvalue weighted by Gasteiger charge is 2.38. The summed E-state index contributed by atoms with van der Waals surface area (Å²) >= 11 is 0. The van der Waals surface area contributed by atoms with Crippen LogP contribution in [0, 0.1) is 0 Å². The minimum atomic E-state index is -5.08. The second-order valence-corrected chi connectivity index (χ2v) is 5.46. The van der Waals surface area contributed by atoms with Crippen molar-refractivity contribution in [1.29, 1.82) is 0 Å². The number of halogens is 3. The number of fused-ring (bicyclic) bond motifs is 1. The lowest BCUT2D eigenvalue weighted by Gasteiger charge is -2.08. The number of alkyl halides is 3. The van der Waals surface area contributed by atoms with Crippen LogP contribution in [0.3, 0.4) is 0 Å². The molecule has 10 heteroatoms. The van der Waals surface area contributed by atoms with Crippen molar-refractivity contribution in [3.8, 4) is 0 Å². The Bertz CT molecular complexity index is 660. The lowest BCUT2D eigenvalue weighted by molar-refractivity contribution is -0.192. The molecule has 1 aliphatic heterocycles. The summed E-state index contributed by atoms with van der Waals surface area (Å²) in [6, 6.07) is 5.45. The summed E-state index contributed by atoms with van der Waals surface area (Å²) in [5.74, 6) is -2.82. The van der Waals surface area contributed by atoms with E-state index in [1.807, 2.05) is 13.0 Å². The Balaban J connectivity index is 0.000000381. The molecule has 0 fully saturated rings. The van der Waals surface area contributed by atoms with E-state index < -0.39 is 12.1 Å². The Hall–Kier alpha value is -2.62. The average Bonchev–Trinajstić information content (AvgIpc) is 2.84. The number of carbonyl (C=O) groups excluding carboxylic acids is 2. The summed E-state index contributed by atoms with van der Waals surface area (Å²) in [5.41, 5.74) is 8.07. The molecule has 0 aromatic heterocycles. The number of rotatable bonds is 4. The van der Waals surface area contributed by atoms with Crippen LogP contribution in [0.25, 0.3) is 0 Å². The summed E-state index contributed by atoms with van der Waals surface area (Å²) in [5, 5.41) is 12.7. The van der Waals surface area contributed by atoms with Crippen molar-refractivity contribution in [2.24, 2.45) is 5.73 Å². The van der Waals surface area contributed by atoms with Crippen LogP contribution in [0.15, 0.2) is 18.2 Å². The van der Waals surface area contributed by atoms with Crippen molar-refractivity contribution in [3.05, 3.63) is 23.8 Å². The molecule has 0 saturated heterocycles. The Morgan fingerprint density at radius 1 is 1.40 bits per heavy atom. The number of hydrogen-bond donors (Lipinski definition) is 4. The SMILES string of the molecule is CC(N)CCC(=O)Nc1ccc2c(c1)CC(=O)N2.O=C(O)C(F)(F)F. The number of amides is 2. The van der Waals surface area contributed by atoms with Crippen LogP contribution < -0.4 is 16.4 Å². The van der Waals surface area contributed by atoms with E-state index in [4.69, 9.17) is 15.6 Å². The lowest BCUT2D eigenvalue weighted by atomic mass is 10.1. The molecule has 5 N–H and O–H groups in total. The minimum Gasteiger partial charge on any atom is -0.475 e. The quantitative estimate of drug-likeness (QED) is 0.652. The van der Waals surface area contributed by atoms with E-state index >= 15 is 0 Å². The van der Waals surface area contributed by atoms with Crippen LogP contribution in [0.5, 0.6) is 0 Å². The van der Waals surface area contributed by atoms with Crippen LogP contribution in [0.2, 0.25) is 0 Å². The molecule has 0 bridgehead atoms. The lowest BCUT2D eigenvalue weighted by Crippen LogP contribution is -2.21. The zero-order valence-electron chi connectivity index (χ0n) is 13.3. The minimum absolute atomic E-state index is 0.00886. The number of nitrogens with two attached hydrogens (primary N) is 1. The van der Waals surface area contributed by atoms with Crippen LogP contribution in [0.1, 0.15) is 25.3 Å². The third-order valence-corrected chi connectivity index (χ3v) is 3.08. The molecule has 1 aromatic rings. The van der Waals surface area contributed by atoms with Gasteiger partial charge >= 0.3 is 12.1 Å². The summed E-state index contributed by atoms with van der Waals surface area (Å²) in [6.45, 7) is 1.87. The zero-order chi connectivity index (χ0) is 19.2. The van der Waals surface area contributed by atoms with Crippen molar-refractivity contribution in [3.63, 3.8) is 0 Å². The van der Waals surface area contributed by atoms with Crippen molar-refractivity contribution in [2.75, 3.05) is 10.6 Å². The molecule has 0 spiro atoms. The van der Waals surface area contributed by atoms with E-state index in [2.05, 4.69) is 10.6 Å². The van der Waals surface area contributed by atoms with E-state index in [9.17, 15) is 22.8 Å². The van der Waals surface area contributed by atoms with E-state index in [0.29, 0.717) is 19.3 Å². The Morgan fingerprint density at radius 3 is 2.52 bits per heavy atom. The number of hydrogen-bond acceptors (Lipinski definition) is 4. The molecule has 1 atom stereocenters. The van der Waals surface area contributed by atoms with Crippen molar-refractivity contribution in [1.82, 2.24) is 0 Å². The van der Waals surface area contributed by atoms with Crippen molar-refractivity contribution < 1.29 is 32.7 Å². The van der Waals surface area contributed by atoms with Gasteiger partial charge in [-0.1, -0.05) is 0 Å². The molecular weight excluding hydrogens is 343 g/mol. The summed E-state index contributed by atoms with van der Waals surface area (Å²) in [7, 11) is 0. The molecule has 0 aliphatic carbocycles. The maximum atomic E-state index is 11.6. The van der Waals surface area contributed by atoms with Gasteiger partial charge in [0, 0.05) is 23.8 Å². The first-order valence-corrected chi connectivity index (χ1v) is 7.27. The number of benzene rings is 1. The molecule has 0 radical (unpaired) electrons. The number of aliphatic carboxylic acids is 1. The summed E-state index contributed by atoms with van der Waals surface area (Å²) in [6.07, 6.45) is -3.64. The number of carboxylic acids is 1. The predicted molar refractivity (Wildman–Crippen MR) is 84.0 cm³/mol. The maximum absolute atomic E-state index is 11.6. The Labute approximate surface area is 141 Å². The Kier molecular flexibility index (Phi) is 6.92. The third kappa shape index (κ3) is 7.21. The Morgan fingerprint density at radius 2 is 2.00 bits per heavy atom. The first-order chi connectivity index (χ1) is 11.5. The van der Waals surface area contributed by atoms with Gasteiger partial charge in [-0.25, -0.2) is 4.79 Å². The summed E-state index contributed by atoms with van der Waals surface area (Å²) < 4.78 is 31.7. The highest BCUT2D eigenvalue weighted by Crippen LogP contribution is 2.26. The van der Waals surface area contributed by atoms with Crippen molar-refractivity contribution >= 4 is 29.2 Å². The van der Waals surface area contributed by atoms with Gasteiger partial charge in [-0.05, 0) is 37.1 Å². The number of anilines is 2. The monoisotopic (exact) mass is 361 g/mol. The van der Waals surface area contributed by atoms with Crippen LogP contribution >= 0.6 is 0 Å². The molecule has 7 nitrogen and oxygen atoms in total. The van der Waals surface area contributed by atoms with Gasteiger partial charge in [0.25, 0.3) is 0 Å². The fraction of sp³-hybridized carbons (Fsp3) is 0.400. The predicted octanol–water partition coefficient (Wildman–Crippen LogP) is 1.88. The molecule has 138 valence electrons. The molecule has 1 aliphatic rings. The standard InChI is InChI=1S/C13H17N3O2.C2HF3O2/c1-8(14)2-5-12(17)15-10-3-4-11-9(6-10)7-13(18)16-11;3-2(4,5)1(6)7/h3-4,6,8H,2,5,7,14H2,1H3,(H,15,17)(H,16,18);(H,6,7). The van der Waals surface area contributed by atoms with E-state index in [0.717, 1.165) is 16.9 Å². The van der Waals surface area contributed by atoms with Crippen LogP contribution in [-0.4, -0.2) is 35.1 Å². The number of carboxylic acid groups (broad SMARTS) is 1. The van der Waals surface area contributed by atoms with Gasteiger partial charge in [0.15, 0.2) is 0 Å². The van der Waals surface area contributed by atoms with Gasteiger partial charge in [-0.2, -0.15) is 13.2 Å². The second-order valence-electron chi connectivity index (χ2n) is 5.46. The average molecular weight is 361 g/mol. The first-order valence-electron chi connectivity index (χ1n) is 7.27. The number of carbonyl (C=O) groups is 3. The molecular formula is C15H18F3N3O4. The molecule has 2 rings (SSSR count). The maximum Gasteiger partial charge on any atom is 0.490 e. The van der Waals surface area contributed by atoms with Gasteiger partial charge in [0.05, 0.1) is 6.42 Å². The zero-order valence-corrected chi connectivity index (χ0v) is 13.3. The van der Waals surface area contributed by atoms with E-state index in [1.54, 1.807) is 12.1 Å². The largest absolute Gasteiger partial charge is 0.490 e.